The largest absolute Gasteiger partial charge is 0.297 e. The molecule has 0 saturated heterocycles. The van der Waals surface area contributed by atoms with Crippen LogP contribution in [0.4, 0.5) is 0 Å². The van der Waals surface area contributed by atoms with Crippen LogP contribution in [0.5, 0.6) is 0 Å². The molecule has 4 rings (SSSR count). The van der Waals surface area contributed by atoms with E-state index in [-0.39, 0.29) is 5.41 Å². The summed E-state index contributed by atoms with van der Waals surface area (Å²) in [6.07, 6.45) is 3.98. The molecule has 0 aliphatic rings. The molecule has 0 N–H and O–H groups in total. The Morgan fingerprint density at radius 1 is 1.05 bits per heavy atom. The number of rotatable bonds is 0. The molecule has 3 heterocycles. The van der Waals surface area contributed by atoms with Crippen molar-refractivity contribution in [3.63, 3.8) is 0 Å². The molecule has 4 aromatic rings. The van der Waals surface area contributed by atoms with Crippen LogP contribution >= 0.6 is 0 Å². The van der Waals surface area contributed by atoms with Gasteiger partial charge in [0.1, 0.15) is 5.65 Å². The molecule has 0 saturated carbocycles. The van der Waals surface area contributed by atoms with Crippen molar-refractivity contribution in [3.8, 4) is 0 Å². The Balaban J connectivity index is 2.21. The maximum Gasteiger partial charge on any atom is 0.145 e. The number of aromatic nitrogens is 3. The number of fused-ring (bicyclic) bond motifs is 5. The minimum atomic E-state index is -0.0162. The predicted molar refractivity (Wildman–Crippen MR) is 91.4 cm³/mol. The second-order valence-corrected chi connectivity index (χ2v) is 6.99. The highest BCUT2D eigenvalue weighted by Gasteiger charge is 2.22. The molecule has 0 atom stereocenters. The minimum absolute atomic E-state index is 0.0162. The lowest BCUT2D eigenvalue weighted by atomic mass is 9.91. The first-order valence-corrected chi connectivity index (χ1v) is 7.62. The molecule has 0 amide bonds. The summed E-state index contributed by atoms with van der Waals surface area (Å²) in [4.78, 5) is 9.50. The van der Waals surface area contributed by atoms with Crippen molar-refractivity contribution >= 4 is 27.5 Å². The molecular formula is C19H19N3. The lowest BCUT2D eigenvalue weighted by molar-refractivity contribution is 0.573. The molecule has 0 aliphatic carbocycles. The van der Waals surface area contributed by atoms with Crippen molar-refractivity contribution in [2.75, 3.05) is 0 Å². The van der Waals surface area contributed by atoms with Crippen LogP contribution in [-0.4, -0.2) is 14.4 Å². The van der Waals surface area contributed by atoms with E-state index in [4.69, 9.17) is 4.98 Å². The van der Waals surface area contributed by atoms with Crippen LogP contribution in [0.25, 0.3) is 27.5 Å². The smallest absolute Gasteiger partial charge is 0.145 e. The molecule has 22 heavy (non-hydrogen) atoms. The van der Waals surface area contributed by atoms with Crippen LogP contribution in [0.1, 0.15) is 32.0 Å². The van der Waals surface area contributed by atoms with Crippen LogP contribution in [0, 0.1) is 6.92 Å². The summed E-state index contributed by atoms with van der Waals surface area (Å²) in [5.74, 6) is 0. The first-order chi connectivity index (χ1) is 10.4. The molecule has 0 aliphatic heterocycles. The fourth-order valence-electron chi connectivity index (χ4n) is 3.11. The van der Waals surface area contributed by atoms with Gasteiger partial charge in [-0.05, 0) is 24.4 Å². The Morgan fingerprint density at radius 3 is 2.64 bits per heavy atom. The van der Waals surface area contributed by atoms with Gasteiger partial charge < -0.3 is 0 Å². The van der Waals surface area contributed by atoms with Gasteiger partial charge in [0.15, 0.2) is 0 Å². The van der Waals surface area contributed by atoms with Crippen molar-refractivity contribution in [3.05, 3.63) is 54.0 Å². The zero-order chi connectivity index (χ0) is 15.5. The molecule has 1 aromatic carbocycles. The summed E-state index contributed by atoms with van der Waals surface area (Å²) in [6.45, 7) is 8.70. The Morgan fingerprint density at radius 2 is 1.86 bits per heavy atom. The second kappa shape index (κ2) is 4.29. The number of imidazole rings is 1. The van der Waals surface area contributed by atoms with Gasteiger partial charge in [-0.2, -0.15) is 0 Å². The highest BCUT2D eigenvalue weighted by Crippen LogP contribution is 2.31. The average molecular weight is 289 g/mol. The van der Waals surface area contributed by atoms with Gasteiger partial charge >= 0.3 is 0 Å². The highest BCUT2D eigenvalue weighted by atomic mass is 15.0. The summed E-state index contributed by atoms with van der Waals surface area (Å²) in [7, 11) is 0. The zero-order valence-corrected chi connectivity index (χ0v) is 13.4. The lowest BCUT2D eigenvalue weighted by Gasteiger charge is -2.18. The summed E-state index contributed by atoms with van der Waals surface area (Å²) >= 11 is 0. The molecule has 3 aromatic heterocycles. The molecule has 0 spiro atoms. The van der Waals surface area contributed by atoms with E-state index >= 15 is 0 Å². The van der Waals surface area contributed by atoms with Crippen LogP contribution in [0.3, 0.4) is 0 Å². The number of benzene rings is 1. The first-order valence-electron chi connectivity index (χ1n) is 7.62. The van der Waals surface area contributed by atoms with Gasteiger partial charge in [0.05, 0.1) is 16.7 Å². The Kier molecular flexibility index (Phi) is 2.59. The van der Waals surface area contributed by atoms with E-state index in [0.717, 1.165) is 22.4 Å². The topological polar surface area (TPSA) is 30.2 Å². The SMILES string of the molecule is Cc1ccc2c(ccn3c2nc2ccnc(C(C)(C)C)c23)c1. The van der Waals surface area contributed by atoms with Crippen LogP contribution in [-0.2, 0) is 5.41 Å². The summed E-state index contributed by atoms with van der Waals surface area (Å²) in [5.41, 5.74) is 5.47. The lowest BCUT2D eigenvalue weighted by Crippen LogP contribution is -2.14. The van der Waals surface area contributed by atoms with E-state index in [1.165, 1.54) is 16.3 Å². The van der Waals surface area contributed by atoms with E-state index in [1.807, 2.05) is 12.3 Å². The van der Waals surface area contributed by atoms with Gasteiger partial charge in [-0.15, -0.1) is 0 Å². The highest BCUT2D eigenvalue weighted by molar-refractivity contribution is 5.98. The monoisotopic (exact) mass is 289 g/mol. The Labute approximate surface area is 129 Å². The second-order valence-electron chi connectivity index (χ2n) is 6.99. The number of hydrogen-bond donors (Lipinski definition) is 0. The number of hydrogen-bond acceptors (Lipinski definition) is 2. The van der Waals surface area contributed by atoms with Gasteiger partial charge in [-0.1, -0.05) is 44.5 Å². The number of nitrogens with zero attached hydrogens (tertiary/aromatic N) is 3. The summed E-state index contributed by atoms with van der Waals surface area (Å²) in [6, 6.07) is 10.7. The van der Waals surface area contributed by atoms with Gasteiger partial charge in [0, 0.05) is 23.2 Å². The third-order valence-electron chi connectivity index (χ3n) is 4.16. The van der Waals surface area contributed by atoms with Gasteiger partial charge in [0.25, 0.3) is 0 Å². The molecule has 0 unspecified atom stereocenters. The fourth-order valence-corrected chi connectivity index (χ4v) is 3.11. The maximum absolute atomic E-state index is 4.87. The van der Waals surface area contributed by atoms with Crippen molar-refractivity contribution < 1.29 is 0 Å². The molecule has 0 radical (unpaired) electrons. The standard InChI is InChI=1S/C19H19N3/c1-12-5-6-14-13(11-12)8-10-22-16-15(21-18(14)22)7-9-20-17(16)19(2,3)4/h5-11H,1-4H3. The summed E-state index contributed by atoms with van der Waals surface area (Å²) < 4.78 is 2.18. The zero-order valence-electron chi connectivity index (χ0n) is 13.4. The minimum Gasteiger partial charge on any atom is -0.297 e. The van der Waals surface area contributed by atoms with Crippen molar-refractivity contribution in [1.29, 1.82) is 0 Å². The van der Waals surface area contributed by atoms with Gasteiger partial charge in [-0.25, -0.2) is 4.98 Å². The first kappa shape index (κ1) is 13.3. The predicted octanol–water partition coefficient (Wildman–Crippen LogP) is 4.64. The van der Waals surface area contributed by atoms with Crippen molar-refractivity contribution in [1.82, 2.24) is 14.4 Å². The van der Waals surface area contributed by atoms with E-state index in [1.54, 1.807) is 0 Å². The van der Waals surface area contributed by atoms with Gasteiger partial charge in [0.2, 0.25) is 0 Å². The Hall–Kier alpha value is -2.42. The van der Waals surface area contributed by atoms with Gasteiger partial charge in [-0.3, -0.25) is 9.38 Å². The molecule has 3 nitrogen and oxygen atoms in total. The molecule has 110 valence electrons. The van der Waals surface area contributed by atoms with E-state index in [9.17, 15) is 0 Å². The summed E-state index contributed by atoms with van der Waals surface area (Å²) in [5, 5.41) is 2.41. The maximum atomic E-state index is 4.87. The van der Waals surface area contributed by atoms with Crippen LogP contribution < -0.4 is 0 Å². The van der Waals surface area contributed by atoms with E-state index in [0.29, 0.717) is 0 Å². The van der Waals surface area contributed by atoms with Crippen LogP contribution in [0.15, 0.2) is 42.7 Å². The third kappa shape index (κ3) is 1.82. The molecule has 0 bridgehead atoms. The van der Waals surface area contributed by atoms with Crippen molar-refractivity contribution in [2.45, 2.75) is 33.1 Å². The number of pyridine rings is 2. The van der Waals surface area contributed by atoms with Crippen LogP contribution in [0.2, 0.25) is 0 Å². The normalized spacial score (nSPS) is 12.5. The molecule has 3 heteroatoms. The average Bonchev–Trinajstić information content (AvgIpc) is 2.84. The Bertz CT molecular complexity index is 1020. The quantitative estimate of drug-likeness (QED) is 0.472. The molecular weight excluding hydrogens is 270 g/mol. The van der Waals surface area contributed by atoms with E-state index < -0.39 is 0 Å². The third-order valence-corrected chi connectivity index (χ3v) is 4.16. The fraction of sp³-hybridized carbons (Fsp3) is 0.263. The van der Waals surface area contributed by atoms with Crippen molar-refractivity contribution in [2.24, 2.45) is 0 Å². The number of aryl methyl sites for hydroxylation is 1. The van der Waals surface area contributed by atoms with E-state index in [2.05, 4.69) is 67.5 Å². The molecule has 0 fully saturated rings.